The lowest BCUT2D eigenvalue weighted by atomic mass is 10.1. The predicted octanol–water partition coefficient (Wildman–Crippen LogP) is 0.538. The highest BCUT2D eigenvalue weighted by Gasteiger charge is 2.31. The Bertz CT molecular complexity index is 617. The van der Waals surface area contributed by atoms with Gasteiger partial charge in [0.05, 0.1) is 24.4 Å². The van der Waals surface area contributed by atoms with E-state index in [2.05, 4.69) is 21.2 Å². The van der Waals surface area contributed by atoms with Crippen molar-refractivity contribution in [3.8, 4) is 0 Å². The normalized spacial score (nSPS) is 20.6. The Kier molecular flexibility index (Phi) is 4.73. The number of amides is 1. The lowest BCUT2D eigenvalue weighted by Crippen LogP contribution is -2.53. The second-order valence-corrected chi connectivity index (χ2v) is 7.45. The smallest absolute Gasteiger partial charge is 0.236 e. The van der Waals surface area contributed by atoms with Crippen LogP contribution in [0.4, 0.5) is 5.82 Å². The number of nitrogens with zero attached hydrogens (tertiary/aromatic N) is 5. The van der Waals surface area contributed by atoms with E-state index in [1.54, 1.807) is 0 Å². The molecule has 0 saturated carbocycles. The second kappa shape index (κ2) is 6.64. The topological polar surface area (TPSA) is 61.8 Å². The summed E-state index contributed by atoms with van der Waals surface area (Å²) < 4.78 is 5.69. The summed E-state index contributed by atoms with van der Waals surface area (Å²) in [5.41, 5.74) is 1.98. The molecule has 7 nitrogen and oxygen atoms in total. The third-order valence-corrected chi connectivity index (χ3v) is 4.60. The van der Waals surface area contributed by atoms with Gasteiger partial charge in [0, 0.05) is 46.7 Å². The van der Waals surface area contributed by atoms with Gasteiger partial charge in [0.15, 0.2) is 5.82 Å². The third-order valence-electron chi connectivity index (χ3n) is 4.60. The molecule has 1 amide bonds. The number of carbonyl (C=O) groups is 1. The number of fused-ring (bicyclic) bond motifs is 1. The Balaban J connectivity index is 1.63. The maximum Gasteiger partial charge on any atom is 0.236 e. The van der Waals surface area contributed by atoms with Crippen LogP contribution in [0.2, 0.25) is 0 Å². The van der Waals surface area contributed by atoms with Crippen molar-refractivity contribution < 1.29 is 9.53 Å². The molecule has 1 fully saturated rings. The molecule has 0 bridgehead atoms. The first-order valence-electron chi connectivity index (χ1n) is 8.51. The molecule has 3 rings (SSSR count). The highest BCUT2D eigenvalue weighted by molar-refractivity contribution is 5.78. The molecule has 0 aromatic carbocycles. The lowest BCUT2D eigenvalue weighted by molar-refractivity contribution is -0.147. The van der Waals surface area contributed by atoms with Crippen LogP contribution in [-0.4, -0.2) is 78.4 Å². The molecule has 0 radical (unpaired) electrons. The molecule has 24 heavy (non-hydrogen) atoms. The summed E-state index contributed by atoms with van der Waals surface area (Å²) in [5, 5.41) is 8.57. The van der Waals surface area contributed by atoms with Crippen LogP contribution in [0.1, 0.15) is 25.1 Å². The molecule has 7 heteroatoms. The lowest BCUT2D eigenvalue weighted by Gasteiger charge is -2.39. The van der Waals surface area contributed by atoms with Gasteiger partial charge in [0.2, 0.25) is 5.91 Å². The molecular weight excluding hydrogens is 306 g/mol. The molecule has 0 spiro atoms. The number of rotatable bonds is 3. The van der Waals surface area contributed by atoms with Gasteiger partial charge in [-0.3, -0.25) is 9.69 Å². The van der Waals surface area contributed by atoms with E-state index in [0.29, 0.717) is 26.2 Å². The molecule has 0 unspecified atom stereocenters. The monoisotopic (exact) mass is 333 g/mol. The number of hydrogen-bond acceptors (Lipinski definition) is 6. The van der Waals surface area contributed by atoms with E-state index in [1.165, 1.54) is 5.56 Å². The summed E-state index contributed by atoms with van der Waals surface area (Å²) in [4.78, 5) is 18.7. The van der Waals surface area contributed by atoms with Crippen molar-refractivity contribution in [2.45, 2.75) is 32.4 Å². The standard InChI is InChI=1S/C17H27N5O2/c1-17(2)12-22(7-8-24-17)16(23)11-21-6-5-14-13(10-21)9-15(19-18-14)20(3)4/h9H,5-8,10-12H2,1-4H3. The van der Waals surface area contributed by atoms with Crippen LogP contribution in [0.3, 0.4) is 0 Å². The van der Waals surface area contributed by atoms with Crippen molar-refractivity contribution in [1.82, 2.24) is 20.0 Å². The number of morpholine rings is 1. The summed E-state index contributed by atoms with van der Waals surface area (Å²) >= 11 is 0. The van der Waals surface area contributed by atoms with Crippen LogP contribution in [0.15, 0.2) is 6.07 Å². The molecule has 132 valence electrons. The molecule has 0 N–H and O–H groups in total. The summed E-state index contributed by atoms with van der Waals surface area (Å²) in [6.45, 7) is 8.08. The van der Waals surface area contributed by atoms with Crippen molar-refractivity contribution in [2.75, 3.05) is 51.8 Å². The van der Waals surface area contributed by atoms with Crippen molar-refractivity contribution in [2.24, 2.45) is 0 Å². The Morgan fingerprint density at radius 3 is 2.83 bits per heavy atom. The van der Waals surface area contributed by atoms with Crippen LogP contribution in [0.5, 0.6) is 0 Å². The van der Waals surface area contributed by atoms with Crippen LogP contribution < -0.4 is 4.90 Å². The SMILES string of the molecule is CN(C)c1cc2c(nn1)CCN(CC(=O)N1CCOC(C)(C)C1)C2. The molecule has 0 atom stereocenters. The Labute approximate surface area is 143 Å². The minimum absolute atomic E-state index is 0.185. The van der Waals surface area contributed by atoms with Gasteiger partial charge < -0.3 is 14.5 Å². The molecule has 1 aromatic heterocycles. The van der Waals surface area contributed by atoms with Crippen molar-refractivity contribution in [1.29, 1.82) is 0 Å². The van der Waals surface area contributed by atoms with Gasteiger partial charge in [0.1, 0.15) is 0 Å². The molecule has 2 aliphatic rings. The fourth-order valence-corrected chi connectivity index (χ4v) is 3.25. The van der Waals surface area contributed by atoms with Gasteiger partial charge in [-0.1, -0.05) is 0 Å². The largest absolute Gasteiger partial charge is 0.372 e. The second-order valence-electron chi connectivity index (χ2n) is 7.45. The van der Waals surface area contributed by atoms with Crippen LogP contribution in [0, 0.1) is 0 Å². The van der Waals surface area contributed by atoms with E-state index < -0.39 is 0 Å². The van der Waals surface area contributed by atoms with E-state index in [4.69, 9.17) is 4.74 Å². The van der Waals surface area contributed by atoms with Crippen LogP contribution in [0.25, 0.3) is 0 Å². The summed E-state index contributed by atoms with van der Waals surface area (Å²) in [7, 11) is 3.92. The molecule has 2 aliphatic heterocycles. The third kappa shape index (κ3) is 3.84. The maximum atomic E-state index is 12.6. The van der Waals surface area contributed by atoms with Crippen LogP contribution in [-0.2, 0) is 22.5 Å². The van der Waals surface area contributed by atoms with Crippen LogP contribution >= 0.6 is 0 Å². The highest BCUT2D eigenvalue weighted by Crippen LogP contribution is 2.21. The zero-order valence-corrected chi connectivity index (χ0v) is 15.1. The van der Waals surface area contributed by atoms with Gasteiger partial charge in [-0.25, -0.2) is 0 Å². The van der Waals surface area contributed by atoms with E-state index in [-0.39, 0.29) is 11.5 Å². The quantitative estimate of drug-likeness (QED) is 0.804. The minimum Gasteiger partial charge on any atom is -0.372 e. The number of aromatic nitrogens is 2. The van der Waals surface area contributed by atoms with Crippen molar-refractivity contribution in [3.63, 3.8) is 0 Å². The van der Waals surface area contributed by atoms with Gasteiger partial charge in [-0.2, -0.15) is 5.10 Å². The van der Waals surface area contributed by atoms with Gasteiger partial charge in [-0.15, -0.1) is 5.10 Å². The van der Waals surface area contributed by atoms with Crippen molar-refractivity contribution >= 4 is 11.7 Å². The van der Waals surface area contributed by atoms with Gasteiger partial charge in [0.25, 0.3) is 0 Å². The summed E-state index contributed by atoms with van der Waals surface area (Å²) in [5.74, 6) is 1.04. The van der Waals surface area contributed by atoms with Crippen molar-refractivity contribution in [3.05, 3.63) is 17.3 Å². The molecule has 3 heterocycles. The van der Waals surface area contributed by atoms with E-state index in [9.17, 15) is 4.79 Å². The first kappa shape index (κ1) is 17.1. The zero-order chi connectivity index (χ0) is 17.3. The molecule has 1 saturated heterocycles. The molecule has 1 aromatic rings. The van der Waals surface area contributed by atoms with E-state index in [0.717, 1.165) is 31.0 Å². The minimum atomic E-state index is -0.251. The highest BCUT2D eigenvalue weighted by atomic mass is 16.5. The first-order chi connectivity index (χ1) is 11.3. The van der Waals surface area contributed by atoms with E-state index in [1.807, 2.05) is 37.7 Å². The average molecular weight is 333 g/mol. The summed E-state index contributed by atoms with van der Waals surface area (Å²) in [6, 6.07) is 2.08. The summed E-state index contributed by atoms with van der Waals surface area (Å²) in [6.07, 6.45) is 0.845. The fourth-order valence-electron chi connectivity index (χ4n) is 3.25. The predicted molar refractivity (Wildman–Crippen MR) is 92.0 cm³/mol. The van der Waals surface area contributed by atoms with Gasteiger partial charge in [-0.05, 0) is 25.5 Å². The fraction of sp³-hybridized carbons (Fsp3) is 0.706. The number of anilines is 1. The van der Waals surface area contributed by atoms with E-state index >= 15 is 0 Å². The number of ether oxygens (including phenoxy) is 1. The maximum absolute atomic E-state index is 12.6. The zero-order valence-electron chi connectivity index (χ0n) is 15.1. The average Bonchev–Trinajstić information content (AvgIpc) is 2.53. The number of hydrogen-bond donors (Lipinski definition) is 0. The molecule has 0 aliphatic carbocycles. The van der Waals surface area contributed by atoms with Gasteiger partial charge >= 0.3 is 0 Å². The number of carbonyl (C=O) groups excluding carboxylic acids is 1. The Hall–Kier alpha value is -1.73. The molecular formula is C17H27N5O2. The Morgan fingerprint density at radius 1 is 1.33 bits per heavy atom. The first-order valence-corrected chi connectivity index (χ1v) is 8.51. The Morgan fingerprint density at radius 2 is 2.12 bits per heavy atom.